The second-order valence-corrected chi connectivity index (χ2v) is 5.05. The van der Waals surface area contributed by atoms with Crippen molar-refractivity contribution in [2.45, 2.75) is 32.2 Å². The maximum absolute atomic E-state index is 10.9. The number of imidazole rings is 1. The molecule has 5 heteroatoms. The van der Waals surface area contributed by atoms with Gasteiger partial charge in [-0.1, -0.05) is 24.3 Å². The van der Waals surface area contributed by atoms with Crippen LogP contribution >= 0.6 is 0 Å². The van der Waals surface area contributed by atoms with E-state index in [-0.39, 0.29) is 5.91 Å². The molecule has 2 heterocycles. The number of aryl methyl sites for hydroxylation is 1. The van der Waals surface area contributed by atoms with Crippen molar-refractivity contribution in [1.82, 2.24) is 15.0 Å². The van der Waals surface area contributed by atoms with E-state index < -0.39 is 0 Å². The lowest BCUT2D eigenvalue weighted by molar-refractivity contribution is -0.129. The van der Waals surface area contributed by atoms with E-state index in [1.54, 1.807) is 5.48 Å². The van der Waals surface area contributed by atoms with Gasteiger partial charge in [0.1, 0.15) is 5.82 Å². The van der Waals surface area contributed by atoms with Crippen LogP contribution in [0.5, 0.6) is 0 Å². The lowest BCUT2D eigenvalue weighted by atomic mass is 10.1. The fourth-order valence-electron chi connectivity index (χ4n) is 2.71. The predicted molar refractivity (Wildman–Crippen MR) is 74.2 cm³/mol. The van der Waals surface area contributed by atoms with Crippen molar-refractivity contribution < 1.29 is 10.0 Å². The van der Waals surface area contributed by atoms with Gasteiger partial charge in [0.2, 0.25) is 5.91 Å². The van der Waals surface area contributed by atoms with Crippen molar-refractivity contribution in [2.24, 2.45) is 0 Å². The SMILES string of the molecule is O=C(CCCCc1ncc2n1Cc1ccccc1-2)NO. The van der Waals surface area contributed by atoms with E-state index in [0.29, 0.717) is 6.42 Å². The Labute approximate surface area is 117 Å². The van der Waals surface area contributed by atoms with Crippen molar-refractivity contribution in [3.8, 4) is 11.3 Å². The van der Waals surface area contributed by atoms with Gasteiger partial charge in [-0.25, -0.2) is 10.5 Å². The van der Waals surface area contributed by atoms with Gasteiger partial charge >= 0.3 is 0 Å². The van der Waals surface area contributed by atoms with E-state index in [1.807, 2.05) is 6.20 Å². The predicted octanol–water partition coefficient (Wildman–Crippen LogP) is 2.13. The number of aromatic nitrogens is 2. The van der Waals surface area contributed by atoms with Gasteiger partial charge in [-0.05, 0) is 18.4 Å². The molecule has 1 aromatic carbocycles. The van der Waals surface area contributed by atoms with Gasteiger partial charge < -0.3 is 4.57 Å². The third-order valence-corrected chi connectivity index (χ3v) is 3.74. The number of rotatable bonds is 5. The number of amides is 1. The molecule has 0 spiro atoms. The van der Waals surface area contributed by atoms with Crippen molar-refractivity contribution in [2.75, 3.05) is 0 Å². The molecule has 0 radical (unpaired) electrons. The van der Waals surface area contributed by atoms with E-state index in [9.17, 15) is 4.79 Å². The molecule has 1 amide bonds. The highest BCUT2D eigenvalue weighted by Gasteiger charge is 2.20. The third-order valence-electron chi connectivity index (χ3n) is 3.74. The molecule has 104 valence electrons. The minimum atomic E-state index is -0.328. The smallest absolute Gasteiger partial charge is 0.243 e. The summed E-state index contributed by atoms with van der Waals surface area (Å²) in [4.78, 5) is 15.4. The molecule has 5 nitrogen and oxygen atoms in total. The number of carbonyl (C=O) groups excluding carboxylic acids is 1. The average molecular weight is 271 g/mol. The van der Waals surface area contributed by atoms with Crippen LogP contribution in [0.4, 0.5) is 0 Å². The van der Waals surface area contributed by atoms with Crippen LogP contribution in [0.1, 0.15) is 30.7 Å². The summed E-state index contributed by atoms with van der Waals surface area (Å²) >= 11 is 0. The van der Waals surface area contributed by atoms with Crippen molar-refractivity contribution in [1.29, 1.82) is 0 Å². The zero-order chi connectivity index (χ0) is 13.9. The number of benzene rings is 1. The third kappa shape index (κ3) is 2.32. The first kappa shape index (κ1) is 12.9. The van der Waals surface area contributed by atoms with E-state index in [2.05, 4.69) is 33.8 Å². The van der Waals surface area contributed by atoms with E-state index in [0.717, 1.165) is 31.6 Å². The Balaban J connectivity index is 1.64. The van der Waals surface area contributed by atoms with Gasteiger partial charge in [0.25, 0.3) is 0 Å². The zero-order valence-electron chi connectivity index (χ0n) is 11.2. The Morgan fingerprint density at radius 1 is 1.35 bits per heavy atom. The molecule has 0 fully saturated rings. The van der Waals surface area contributed by atoms with Crippen LogP contribution in [-0.4, -0.2) is 20.7 Å². The first-order chi connectivity index (χ1) is 9.79. The topological polar surface area (TPSA) is 67.2 Å². The Kier molecular flexibility index (Phi) is 3.52. The highest BCUT2D eigenvalue weighted by molar-refractivity contribution is 5.74. The normalized spacial score (nSPS) is 12.1. The van der Waals surface area contributed by atoms with Crippen LogP contribution < -0.4 is 5.48 Å². The van der Waals surface area contributed by atoms with E-state index >= 15 is 0 Å². The molecule has 0 bridgehead atoms. The first-order valence-corrected chi connectivity index (χ1v) is 6.85. The largest absolute Gasteiger partial charge is 0.323 e. The Morgan fingerprint density at radius 3 is 3.05 bits per heavy atom. The Bertz CT molecular complexity index is 634. The van der Waals surface area contributed by atoms with Crippen LogP contribution in [0.15, 0.2) is 30.5 Å². The average Bonchev–Trinajstić information content (AvgIpc) is 3.02. The van der Waals surface area contributed by atoms with Crippen LogP contribution in [0.2, 0.25) is 0 Å². The number of hydrogen-bond donors (Lipinski definition) is 2. The molecule has 0 saturated heterocycles. The van der Waals surface area contributed by atoms with Crippen molar-refractivity contribution >= 4 is 5.91 Å². The molecule has 1 aliphatic heterocycles. The van der Waals surface area contributed by atoms with Gasteiger partial charge in [0.15, 0.2) is 0 Å². The van der Waals surface area contributed by atoms with E-state index in [4.69, 9.17) is 5.21 Å². The van der Waals surface area contributed by atoms with Gasteiger partial charge in [-0.3, -0.25) is 10.0 Å². The number of unbranched alkanes of at least 4 members (excludes halogenated alkanes) is 1. The molecule has 2 aromatic rings. The summed E-state index contributed by atoms with van der Waals surface area (Å²) in [5, 5.41) is 8.43. The maximum atomic E-state index is 10.9. The van der Waals surface area contributed by atoms with Crippen molar-refractivity contribution in [3.05, 3.63) is 41.9 Å². The molecule has 2 N–H and O–H groups in total. The second kappa shape index (κ2) is 5.46. The number of hydroxylamine groups is 1. The molecular formula is C15H17N3O2. The number of nitrogens with zero attached hydrogens (tertiary/aromatic N) is 2. The second-order valence-electron chi connectivity index (χ2n) is 5.05. The van der Waals surface area contributed by atoms with Crippen LogP contribution in [-0.2, 0) is 17.8 Å². The van der Waals surface area contributed by atoms with Crippen LogP contribution in [0.3, 0.4) is 0 Å². The molecule has 1 aromatic heterocycles. The van der Waals surface area contributed by atoms with Crippen LogP contribution in [0.25, 0.3) is 11.3 Å². The van der Waals surface area contributed by atoms with Gasteiger partial charge in [-0.2, -0.15) is 0 Å². The fourth-order valence-corrected chi connectivity index (χ4v) is 2.71. The highest BCUT2D eigenvalue weighted by atomic mass is 16.5. The summed E-state index contributed by atoms with van der Waals surface area (Å²) < 4.78 is 2.25. The fraction of sp³-hybridized carbons (Fsp3) is 0.333. The minimum absolute atomic E-state index is 0.328. The number of nitrogens with one attached hydrogen (secondary N) is 1. The lowest BCUT2D eigenvalue weighted by Gasteiger charge is -2.04. The summed E-state index contributed by atoms with van der Waals surface area (Å²) in [6, 6.07) is 8.39. The van der Waals surface area contributed by atoms with Gasteiger partial charge in [0.05, 0.1) is 18.4 Å². The molecule has 20 heavy (non-hydrogen) atoms. The molecule has 0 atom stereocenters. The zero-order valence-corrected chi connectivity index (χ0v) is 11.2. The van der Waals surface area contributed by atoms with Crippen LogP contribution in [0, 0.1) is 0 Å². The summed E-state index contributed by atoms with van der Waals surface area (Å²) in [5.74, 6) is 0.742. The molecule has 0 saturated carbocycles. The van der Waals surface area contributed by atoms with Gasteiger partial charge in [0, 0.05) is 18.4 Å². The highest BCUT2D eigenvalue weighted by Crippen LogP contribution is 2.32. The van der Waals surface area contributed by atoms with Crippen molar-refractivity contribution in [3.63, 3.8) is 0 Å². The quantitative estimate of drug-likeness (QED) is 0.424. The number of carbonyl (C=O) groups is 1. The molecule has 1 aliphatic rings. The summed E-state index contributed by atoms with van der Waals surface area (Å²) in [5.41, 5.74) is 5.44. The number of fused-ring (bicyclic) bond motifs is 3. The first-order valence-electron chi connectivity index (χ1n) is 6.85. The summed E-state index contributed by atoms with van der Waals surface area (Å²) in [6.07, 6.45) is 4.78. The monoisotopic (exact) mass is 271 g/mol. The summed E-state index contributed by atoms with van der Waals surface area (Å²) in [6.45, 7) is 0.887. The molecular weight excluding hydrogens is 254 g/mol. The van der Waals surface area contributed by atoms with E-state index in [1.165, 1.54) is 16.8 Å². The molecule has 3 rings (SSSR count). The Morgan fingerprint density at radius 2 is 2.20 bits per heavy atom. The molecule has 0 unspecified atom stereocenters. The maximum Gasteiger partial charge on any atom is 0.243 e. The molecule has 0 aliphatic carbocycles. The Hall–Kier alpha value is -2.14. The summed E-state index contributed by atoms with van der Waals surface area (Å²) in [7, 11) is 0. The number of hydrogen-bond acceptors (Lipinski definition) is 3. The van der Waals surface area contributed by atoms with Gasteiger partial charge in [-0.15, -0.1) is 0 Å². The standard InChI is InChI=1S/C15H17N3O2/c19-15(17-20)8-4-3-7-14-16-9-13-12-6-2-1-5-11(12)10-18(13)14/h1-2,5-6,9,20H,3-4,7-8,10H2,(H,17,19). The lowest BCUT2D eigenvalue weighted by Crippen LogP contribution is -2.17. The minimum Gasteiger partial charge on any atom is -0.323 e.